The Morgan fingerprint density at radius 1 is 1.32 bits per heavy atom. The molecule has 0 radical (unpaired) electrons. The van der Waals surface area contributed by atoms with Crippen molar-refractivity contribution in [3.63, 3.8) is 0 Å². The Hall–Kier alpha value is -1.32. The minimum atomic E-state index is 0.661. The summed E-state index contributed by atoms with van der Waals surface area (Å²) in [5, 5.41) is 8.70. The molecule has 2 aromatic rings. The minimum Gasteiger partial charge on any atom is -0.311 e. The molecule has 1 aromatic heterocycles. The highest BCUT2D eigenvalue weighted by Crippen LogP contribution is 2.11. The van der Waals surface area contributed by atoms with E-state index >= 15 is 0 Å². The number of aromatic nitrogens is 2. The Morgan fingerprint density at radius 3 is 2.89 bits per heavy atom. The van der Waals surface area contributed by atoms with Gasteiger partial charge in [0.25, 0.3) is 0 Å². The molecule has 0 aliphatic heterocycles. The summed E-state index contributed by atoms with van der Waals surface area (Å²) in [6.45, 7) is 6.99. The van der Waals surface area contributed by atoms with E-state index in [1.165, 1.54) is 0 Å². The van der Waals surface area contributed by atoms with Gasteiger partial charge in [-0.3, -0.25) is 4.68 Å². The normalized spacial score (nSPS) is 11.2. The van der Waals surface area contributed by atoms with Crippen molar-refractivity contribution in [1.29, 1.82) is 0 Å². The fourth-order valence-electron chi connectivity index (χ4n) is 1.90. The van der Waals surface area contributed by atoms with E-state index < -0.39 is 0 Å². The summed E-state index contributed by atoms with van der Waals surface area (Å²) in [7, 11) is 0. The van der Waals surface area contributed by atoms with Crippen molar-refractivity contribution < 1.29 is 0 Å². The van der Waals surface area contributed by atoms with E-state index in [-0.39, 0.29) is 0 Å². The molecule has 0 aliphatic carbocycles. The predicted molar refractivity (Wildman–Crippen MR) is 79.3 cm³/mol. The van der Waals surface area contributed by atoms with E-state index in [4.69, 9.17) is 11.6 Å². The van der Waals surface area contributed by atoms with Gasteiger partial charge in [0.1, 0.15) is 0 Å². The maximum atomic E-state index is 5.97. The lowest BCUT2D eigenvalue weighted by Gasteiger charge is -2.05. The monoisotopic (exact) mass is 277 g/mol. The van der Waals surface area contributed by atoms with Gasteiger partial charge < -0.3 is 5.32 Å². The highest BCUT2D eigenvalue weighted by molar-refractivity contribution is 6.30. The summed E-state index contributed by atoms with van der Waals surface area (Å²) in [5.41, 5.74) is 2.24. The van der Waals surface area contributed by atoms with Crippen LogP contribution in [0, 0.1) is 5.92 Å². The van der Waals surface area contributed by atoms with Crippen molar-refractivity contribution >= 4 is 11.6 Å². The molecule has 0 atom stereocenters. The number of rotatable bonds is 6. The molecule has 3 nitrogen and oxygen atoms in total. The minimum absolute atomic E-state index is 0.661. The zero-order valence-electron chi connectivity index (χ0n) is 11.4. The zero-order valence-corrected chi connectivity index (χ0v) is 12.2. The van der Waals surface area contributed by atoms with Gasteiger partial charge in [-0.1, -0.05) is 37.6 Å². The number of halogens is 1. The van der Waals surface area contributed by atoms with Crippen molar-refractivity contribution in [3.05, 3.63) is 52.8 Å². The Labute approximate surface area is 119 Å². The maximum absolute atomic E-state index is 5.97. The van der Waals surface area contributed by atoms with Crippen molar-refractivity contribution in [3.8, 4) is 0 Å². The largest absolute Gasteiger partial charge is 0.311 e. The molecular weight excluding hydrogens is 258 g/mol. The summed E-state index contributed by atoms with van der Waals surface area (Å²) in [4.78, 5) is 0. The number of benzene rings is 1. The van der Waals surface area contributed by atoms with Crippen LogP contribution in [0.3, 0.4) is 0 Å². The fourth-order valence-corrected chi connectivity index (χ4v) is 2.11. The fraction of sp³-hybridized carbons (Fsp3) is 0.400. The maximum Gasteiger partial charge on any atom is 0.0762 e. The van der Waals surface area contributed by atoms with Crippen LogP contribution in [0.5, 0.6) is 0 Å². The molecular formula is C15H20ClN3. The standard InChI is InChI=1S/C15H20ClN3/c1-12(2)9-17-10-15-6-7-19(18-15)11-13-4-3-5-14(16)8-13/h3-8,12,17H,9-11H2,1-2H3. The van der Waals surface area contributed by atoms with E-state index in [1.807, 2.05) is 29.1 Å². The first-order valence-corrected chi connectivity index (χ1v) is 6.99. The lowest BCUT2D eigenvalue weighted by atomic mass is 10.2. The van der Waals surface area contributed by atoms with Gasteiger partial charge in [-0.15, -0.1) is 0 Å². The number of hydrogen-bond acceptors (Lipinski definition) is 2. The van der Waals surface area contributed by atoms with E-state index in [9.17, 15) is 0 Å². The second-order valence-corrected chi connectivity index (χ2v) is 5.60. The van der Waals surface area contributed by atoms with E-state index in [1.54, 1.807) is 0 Å². The lowest BCUT2D eigenvalue weighted by Crippen LogP contribution is -2.19. The first-order valence-electron chi connectivity index (χ1n) is 6.61. The van der Waals surface area contributed by atoms with Gasteiger partial charge in [-0.2, -0.15) is 5.10 Å². The van der Waals surface area contributed by atoms with Gasteiger partial charge in [0, 0.05) is 17.8 Å². The Kier molecular flexibility index (Phi) is 5.00. The molecule has 1 heterocycles. The number of hydrogen-bond donors (Lipinski definition) is 1. The Morgan fingerprint density at radius 2 is 2.16 bits per heavy atom. The topological polar surface area (TPSA) is 29.9 Å². The van der Waals surface area contributed by atoms with Gasteiger partial charge in [0.05, 0.1) is 12.2 Å². The highest BCUT2D eigenvalue weighted by atomic mass is 35.5. The van der Waals surface area contributed by atoms with Gasteiger partial charge >= 0.3 is 0 Å². The molecule has 2 rings (SSSR count). The van der Waals surface area contributed by atoms with Crippen molar-refractivity contribution in [2.45, 2.75) is 26.9 Å². The SMILES string of the molecule is CC(C)CNCc1ccn(Cc2cccc(Cl)c2)n1. The molecule has 19 heavy (non-hydrogen) atoms. The van der Waals surface area contributed by atoms with Gasteiger partial charge in [-0.25, -0.2) is 0 Å². The summed E-state index contributed by atoms with van der Waals surface area (Å²) < 4.78 is 1.94. The molecule has 1 N–H and O–H groups in total. The highest BCUT2D eigenvalue weighted by Gasteiger charge is 2.01. The third kappa shape index (κ3) is 4.69. The number of nitrogens with one attached hydrogen (secondary N) is 1. The molecule has 4 heteroatoms. The molecule has 0 saturated carbocycles. The average Bonchev–Trinajstić information content (AvgIpc) is 2.76. The predicted octanol–water partition coefficient (Wildman–Crippen LogP) is 3.33. The van der Waals surface area contributed by atoms with Crippen LogP contribution in [-0.4, -0.2) is 16.3 Å². The molecule has 0 aliphatic rings. The summed E-state index contributed by atoms with van der Waals surface area (Å²) in [6.07, 6.45) is 2.01. The number of nitrogens with zero attached hydrogens (tertiary/aromatic N) is 2. The second kappa shape index (κ2) is 6.73. The van der Waals surface area contributed by atoms with Crippen molar-refractivity contribution in [1.82, 2.24) is 15.1 Å². The van der Waals surface area contributed by atoms with Crippen LogP contribution < -0.4 is 5.32 Å². The Balaban J connectivity index is 1.90. The van der Waals surface area contributed by atoms with Gasteiger partial charge in [-0.05, 0) is 36.2 Å². The average molecular weight is 278 g/mol. The molecule has 0 amide bonds. The van der Waals surface area contributed by atoms with Crippen LogP contribution >= 0.6 is 11.6 Å². The smallest absolute Gasteiger partial charge is 0.0762 e. The third-order valence-electron chi connectivity index (χ3n) is 2.79. The molecule has 0 bridgehead atoms. The molecule has 102 valence electrons. The van der Waals surface area contributed by atoms with Gasteiger partial charge in [0.2, 0.25) is 0 Å². The lowest BCUT2D eigenvalue weighted by molar-refractivity contribution is 0.543. The molecule has 0 spiro atoms. The third-order valence-corrected chi connectivity index (χ3v) is 3.02. The quantitative estimate of drug-likeness (QED) is 0.878. The Bertz CT molecular complexity index is 520. The summed E-state index contributed by atoms with van der Waals surface area (Å²) >= 11 is 5.97. The van der Waals surface area contributed by atoms with E-state index in [0.29, 0.717) is 5.92 Å². The van der Waals surface area contributed by atoms with Crippen LogP contribution in [0.4, 0.5) is 0 Å². The first-order chi connectivity index (χ1) is 9.13. The van der Waals surface area contributed by atoms with E-state index in [2.05, 4.69) is 36.4 Å². The second-order valence-electron chi connectivity index (χ2n) is 5.16. The zero-order chi connectivity index (χ0) is 13.7. The molecule has 0 saturated heterocycles. The van der Waals surface area contributed by atoms with Gasteiger partial charge in [0.15, 0.2) is 0 Å². The summed E-state index contributed by atoms with van der Waals surface area (Å²) in [5.74, 6) is 0.661. The summed E-state index contributed by atoms with van der Waals surface area (Å²) in [6, 6.07) is 9.93. The van der Waals surface area contributed by atoms with E-state index in [0.717, 1.165) is 35.9 Å². The first kappa shape index (κ1) is 14.1. The van der Waals surface area contributed by atoms with Crippen LogP contribution in [0.15, 0.2) is 36.5 Å². The molecule has 0 fully saturated rings. The van der Waals surface area contributed by atoms with Crippen LogP contribution in [0.1, 0.15) is 25.1 Å². The molecule has 1 aromatic carbocycles. The van der Waals surface area contributed by atoms with Crippen LogP contribution in [0.2, 0.25) is 5.02 Å². The van der Waals surface area contributed by atoms with Crippen molar-refractivity contribution in [2.75, 3.05) is 6.54 Å². The molecule has 0 unspecified atom stereocenters. The van der Waals surface area contributed by atoms with Crippen molar-refractivity contribution in [2.24, 2.45) is 5.92 Å². The van der Waals surface area contributed by atoms with Crippen LogP contribution in [-0.2, 0) is 13.1 Å². The van der Waals surface area contributed by atoms with Crippen LogP contribution in [0.25, 0.3) is 0 Å².